The molecule has 0 bridgehead atoms. The van der Waals surface area contributed by atoms with Crippen molar-refractivity contribution < 1.29 is 22.7 Å². The van der Waals surface area contributed by atoms with Crippen molar-refractivity contribution in [3.05, 3.63) is 70.1 Å². The third kappa shape index (κ3) is 4.95. The molecule has 0 saturated carbocycles. The van der Waals surface area contributed by atoms with E-state index in [4.69, 9.17) is 21.1 Å². The summed E-state index contributed by atoms with van der Waals surface area (Å²) in [4.78, 5) is 12.6. The fourth-order valence-corrected chi connectivity index (χ4v) is 5.57. The predicted octanol–water partition coefficient (Wildman–Crippen LogP) is 4.46. The van der Waals surface area contributed by atoms with Crippen LogP contribution in [-0.2, 0) is 10.0 Å². The molecule has 0 unspecified atom stereocenters. The van der Waals surface area contributed by atoms with Gasteiger partial charge in [0, 0.05) is 11.3 Å². The Balaban J connectivity index is 1.41. The van der Waals surface area contributed by atoms with Crippen LogP contribution < -0.4 is 19.5 Å². The molecular weight excluding hydrogens is 460 g/mol. The molecule has 2 heterocycles. The quantitative estimate of drug-likeness (QED) is 0.545. The summed E-state index contributed by atoms with van der Waals surface area (Å²) in [5.74, 6) is 1.08. The maximum atomic E-state index is 12.6. The number of hydrogen-bond acceptors (Lipinski definition) is 6. The van der Waals surface area contributed by atoms with Gasteiger partial charge >= 0.3 is 0 Å². The van der Waals surface area contributed by atoms with Gasteiger partial charge in [-0.3, -0.25) is 9.52 Å². The molecule has 0 radical (unpaired) electrons. The van der Waals surface area contributed by atoms with Gasteiger partial charge in [-0.2, -0.15) is 0 Å². The van der Waals surface area contributed by atoms with Crippen LogP contribution in [-0.4, -0.2) is 27.5 Å². The highest BCUT2D eigenvalue weighted by Gasteiger charge is 2.18. The van der Waals surface area contributed by atoms with E-state index in [-0.39, 0.29) is 16.2 Å². The van der Waals surface area contributed by atoms with E-state index in [1.54, 1.807) is 12.1 Å². The van der Waals surface area contributed by atoms with Crippen LogP contribution in [0.25, 0.3) is 0 Å². The number of nitrogens with one attached hydrogen (secondary N) is 2. The molecule has 31 heavy (non-hydrogen) atoms. The number of anilines is 1. The van der Waals surface area contributed by atoms with E-state index in [9.17, 15) is 13.2 Å². The SMILES string of the molecule is C[C@H](NC(=O)c1ccc(NS(=O)(=O)c2ccc(Cl)s2)cc1)c1ccc2c(c1)OCCO2. The van der Waals surface area contributed by atoms with Gasteiger partial charge in [0.2, 0.25) is 0 Å². The predicted molar refractivity (Wildman–Crippen MR) is 120 cm³/mol. The minimum atomic E-state index is -3.73. The first-order valence-corrected chi connectivity index (χ1v) is 12.1. The van der Waals surface area contributed by atoms with Gasteiger partial charge < -0.3 is 14.8 Å². The van der Waals surface area contributed by atoms with Crippen molar-refractivity contribution in [1.29, 1.82) is 0 Å². The van der Waals surface area contributed by atoms with Crippen LogP contribution in [0.5, 0.6) is 11.5 Å². The highest BCUT2D eigenvalue weighted by Crippen LogP contribution is 2.32. The van der Waals surface area contributed by atoms with E-state index in [2.05, 4.69) is 10.0 Å². The molecule has 1 aromatic heterocycles. The topological polar surface area (TPSA) is 93.7 Å². The molecule has 10 heteroatoms. The number of amides is 1. The van der Waals surface area contributed by atoms with Crippen molar-refractivity contribution in [3.63, 3.8) is 0 Å². The summed E-state index contributed by atoms with van der Waals surface area (Å²) < 4.78 is 38.9. The summed E-state index contributed by atoms with van der Waals surface area (Å²) in [6, 6.07) is 14.5. The normalized spacial score (nSPS) is 14.0. The second-order valence-corrected chi connectivity index (χ2v) is 10.5. The molecule has 1 amide bonds. The lowest BCUT2D eigenvalue weighted by atomic mass is 10.1. The number of halogens is 1. The molecule has 2 aromatic carbocycles. The van der Waals surface area contributed by atoms with E-state index in [0.29, 0.717) is 40.3 Å². The molecule has 7 nitrogen and oxygen atoms in total. The second-order valence-electron chi connectivity index (χ2n) is 6.84. The lowest BCUT2D eigenvalue weighted by Gasteiger charge is -2.21. The first kappa shape index (κ1) is 21.5. The number of ether oxygens (including phenoxy) is 2. The van der Waals surface area contributed by atoms with Gasteiger partial charge in [-0.15, -0.1) is 11.3 Å². The minimum Gasteiger partial charge on any atom is -0.486 e. The van der Waals surface area contributed by atoms with Crippen molar-refractivity contribution >= 4 is 44.6 Å². The Morgan fingerprint density at radius 2 is 1.74 bits per heavy atom. The van der Waals surface area contributed by atoms with Crippen molar-refractivity contribution in [2.75, 3.05) is 17.9 Å². The van der Waals surface area contributed by atoms with Crippen LogP contribution >= 0.6 is 22.9 Å². The molecule has 162 valence electrons. The number of hydrogen-bond donors (Lipinski definition) is 2. The molecular formula is C21H19ClN2O5S2. The van der Waals surface area contributed by atoms with Crippen molar-refractivity contribution in [2.45, 2.75) is 17.2 Å². The van der Waals surface area contributed by atoms with E-state index in [0.717, 1.165) is 16.9 Å². The zero-order chi connectivity index (χ0) is 22.0. The number of benzene rings is 2. The van der Waals surface area contributed by atoms with Gasteiger partial charge in [-0.05, 0) is 61.0 Å². The molecule has 1 aliphatic rings. The van der Waals surface area contributed by atoms with Gasteiger partial charge in [0.05, 0.1) is 10.4 Å². The zero-order valence-corrected chi connectivity index (χ0v) is 18.8. The van der Waals surface area contributed by atoms with Gasteiger partial charge in [-0.25, -0.2) is 8.42 Å². The fourth-order valence-electron chi connectivity index (χ4n) is 3.03. The average molecular weight is 479 g/mol. The highest BCUT2D eigenvalue weighted by atomic mass is 35.5. The standard InChI is InChI=1S/C21H19ClN2O5S2/c1-13(15-4-7-17-18(12-15)29-11-10-28-17)23-21(25)14-2-5-16(6-3-14)24-31(26,27)20-9-8-19(22)30-20/h2-9,12-13,24H,10-11H2,1H3,(H,23,25)/t13-/m0/s1. The lowest BCUT2D eigenvalue weighted by Crippen LogP contribution is -2.26. The Morgan fingerprint density at radius 1 is 1.03 bits per heavy atom. The fraction of sp³-hybridized carbons (Fsp3) is 0.190. The molecule has 0 spiro atoms. The lowest BCUT2D eigenvalue weighted by molar-refractivity contribution is 0.0939. The van der Waals surface area contributed by atoms with Crippen LogP contribution in [0, 0.1) is 0 Å². The first-order chi connectivity index (χ1) is 14.8. The Bertz CT molecular complexity index is 1210. The van der Waals surface area contributed by atoms with E-state index < -0.39 is 10.0 Å². The first-order valence-electron chi connectivity index (χ1n) is 9.40. The molecule has 3 aromatic rings. The summed E-state index contributed by atoms with van der Waals surface area (Å²) in [6.45, 7) is 2.89. The Hall–Kier alpha value is -2.75. The summed E-state index contributed by atoms with van der Waals surface area (Å²) in [5, 5.41) is 2.93. The monoisotopic (exact) mass is 478 g/mol. The maximum Gasteiger partial charge on any atom is 0.271 e. The Labute approximate surface area is 189 Å². The van der Waals surface area contributed by atoms with Crippen molar-refractivity contribution in [3.8, 4) is 11.5 Å². The number of thiophene rings is 1. The van der Waals surface area contributed by atoms with Gasteiger partial charge in [0.25, 0.3) is 15.9 Å². The molecule has 0 saturated heterocycles. The van der Waals surface area contributed by atoms with Crippen molar-refractivity contribution in [2.24, 2.45) is 0 Å². The maximum absolute atomic E-state index is 12.6. The largest absolute Gasteiger partial charge is 0.486 e. The average Bonchev–Trinajstić information content (AvgIpc) is 3.21. The highest BCUT2D eigenvalue weighted by molar-refractivity contribution is 7.94. The third-order valence-corrected chi connectivity index (χ3v) is 7.73. The Kier molecular flexibility index (Phi) is 6.08. The molecule has 4 rings (SSSR count). The third-order valence-electron chi connectivity index (χ3n) is 4.63. The van der Waals surface area contributed by atoms with E-state index in [1.165, 1.54) is 24.3 Å². The van der Waals surface area contributed by atoms with Crippen LogP contribution in [0.2, 0.25) is 4.34 Å². The smallest absolute Gasteiger partial charge is 0.271 e. The number of sulfonamides is 1. The zero-order valence-electron chi connectivity index (χ0n) is 16.4. The number of carbonyl (C=O) groups excluding carboxylic acids is 1. The summed E-state index contributed by atoms with van der Waals surface area (Å²) in [7, 11) is -3.73. The molecule has 0 fully saturated rings. The van der Waals surface area contributed by atoms with Gasteiger partial charge in [-0.1, -0.05) is 17.7 Å². The number of fused-ring (bicyclic) bond motifs is 1. The molecule has 1 atom stereocenters. The van der Waals surface area contributed by atoms with Crippen LogP contribution in [0.1, 0.15) is 28.9 Å². The van der Waals surface area contributed by atoms with Crippen molar-refractivity contribution in [1.82, 2.24) is 5.32 Å². The summed E-state index contributed by atoms with van der Waals surface area (Å²) in [6.07, 6.45) is 0. The van der Waals surface area contributed by atoms with Crippen LogP contribution in [0.4, 0.5) is 5.69 Å². The van der Waals surface area contributed by atoms with Crippen LogP contribution in [0.15, 0.2) is 58.8 Å². The van der Waals surface area contributed by atoms with Crippen LogP contribution in [0.3, 0.4) is 0 Å². The van der Waals surface area contributed by atoms with E-state index >= 15 is 0 Å². The summed E-state index contributed by atoms with van der Waals surface area (Å²) >= 11 is 6.78. The van der Waals surface area contributed by atoms with E-state index in [1.807, 2.05) is 25.1 Å². The number of carbonyl (C=O) groups is 1. The minimum absolute atomic E-state index is 0.118. The summed E-state index contributed by atoms with van der Waals surface area (Å²) in [5.41, 5.74) is 1.64. The number of rotatable bonds is 6. The van der Waals surface area contributed by atoms with Gasteiger partial charge in [0.1, 0.15) is 17.4 Å². The van der Waals surface area contributed by atoms with Gasteiger partial charge in [0.15, 0.2) is 11.5 Å². The molecule has 0 aliphatic carbocycles. The second kappa shape index (κ2) is 8.78. The Morgan fingerprint density at radius 3 is 2.42 bits per heavy atom. The molecule has 1 aliphatic heterocycles. The molecule has 2 N–H and O–H groups in total.